The molecule has 1 atom stereocenters. The Balaban J connectivity index is 1.71. The van der Waals surface area contributed by atoms with Crippen molar-refractivity contribution in [1.82, 2.24) is 0 Å². The maximum atomic E-state index is 3.57. The van der Waals surface area contributed by atoms with Crippen molar-refractivity contribution in [3.8, 4) is 0 Å². The predicted octanol–water partition coefficient (Wildman–Crippen LogP) is 4.75. The third-order valence-corrected chi connectivity index (χ3v) is 5.15. The van der Waals surface area contributed by atoms with E-state index in [4.69, 9.17) is 0 Å². The molecule has 0 aliphatic carbocycles. The number of anilines is 1. The van der Waals surface area contributed by atoms with Crippen LogP contribution < -0.4 is 5.32 Å². The number of nitrogens with one attached hydrogen (secondary N) is 1. The van der Waals surface area contributed by atoms with Gasteiger partial charge in [0.1, 0.15) is 0 Å². The van der Waals surface area contributed by atoms with Crippen molar-refractivity contribution in [3.63, 3.8) is 0 Å². The van der Waals surface area contributed by atoms with Gasteiger partial charge < -0.3 is 5.32 Å². The van der Waals surface area contributed by atoms with Gasteiger partial charge in [0.25, 0.3) is 0 Å². The molecule has 1 unspecified atom stereocenters. The number of thioether (sulfide) groups is 1. The maximum Gasteiger partial charge on any atom is 0.0484 e. The standard InChI is InChI=1S/C15H14BrNS/c16-13-6-2-3-7-14(13)17-9-11-10-18-15-8-4-1-5-12(11)15/h1-8,11,17H,9-10H2. The number of fused-ring (bicyclic) bond motifs is 1. The van der Waals surface area contributed by atoms with Gasteiger partial charge in [-0.3, -0.25) is 0 Å². The number of hydrogen-bond donors (Lipinski definition) is 1. The molecule has 1 nitrogen and oxygen atoms in total. The van der Waals surface area contributed by atoms with Gasteiger partial charge in [0, 0.05) is 33.3 Å². The Morgan fingerprint density at radius 3 is 2.78 bits per heavy atom. The van der Waals surface area contributed by atoms with Crippen LogP contribution in [0.3, 0.4) is 0 Å². The van der Waals surface area contributed by atoms with Crippen molar-refractivity contribution in [3.05, 3.63) is 58.6 Å². The molecule has 0 bridgehead atoms. The number of para-hydroxylation sites is 1. The van der Waals surface area contributed by atoms with Crippen LogP contribution in [0.4, 0.5) is 5.69 Å². The first kappa shape index (κ1) is 12.1. The molecular weight excluding hydrogens is 306 g/mol. The Labute approximate surface area is 120 Å². The molecular formula is C15H14BrNS. The van der Waals surface area contributed by atoms with Crippen LogP contribution in [0.1, 0.15) is 11.5 Å². The third kappa shape index (κ3) is 2.43. The van der Waals surface area contributed by atoms with Gasteiger partial charge in [-0.2, -0.15) is 0 Å². The normalized spacial score (nSPS) is 17.5. The Kier molecular flexibility index (Phi) is 3.62. The smallest absolute Gasteiger partial charge is 0.0484 e. The molecule has 0 spiro atoms. The summed E-state index contributed by atoms with van der Waals surface area (Å²) in [7, 11) is 0. The van der Waals surface area contributed by atoms with E-state index in [9.17, 15) is 0 Å². The highest BCUT2D eigenvalue weighted by Gasteiger charge is 2.22. The van der Waals surface area contributed by atoms with Gasteiger partial charge in [-0.25, -0.2) is 0 Å². The van der Waals surface area contributed by atoms with Crippen LogP contribution >= 0.6 is 27.7 Å². The summed E-state index contributed by atoms with van der Waals surface area (Å²) in [6.07, 6.45) is 0. The van der Waals surface area contributed by atoms with Crippen molar-refractivity contribution < 1.29 is 0 Å². The Hall–Kier alpha value is -0.930. The summed E-state index contributed by atoms with van der Waals surface area (Å²) in [5, 5.41) is 3.54. The lowest BCUT2D eigenvalue weighted by Gasteiger charge is -2.14. The number of halogens is 1. The molecule has 3 heteroatoms. The van der Waals surface area contributed by atoms with Gasteiger partial charge in [0.05, 0.1) is 0 Å². The first-order chi connectivity index (χ1) is 8.84. The highest BCUT2D eigenvalue weighted by atomic mass is 79.9. The van der Waals surface area contributed by atoms with Crippen LogP contribution in [0.5, 0.6) is 0 Å². The van der Waals surface area contributed by atoms with Gasteiger partial charge in [-0.15, -0.1) is 11.8 Å². The van der Waals surface area contributed by atoms with E-state index in [0.29, 0.717) is 5.92 Å². The first-order valence-electron chi connectivity index (χ1n) is 6.05. The zero-order valence-electron chi connectivity index (χ0n) is 9.90. The maximum absolute atomic E-state index is 3.57. The second kappa shape index (κ2) is 5.37. The van der Waals surface area contributed by atoms with E-state index in [1.54, 1.807) is 0 Å². The lowest BCUT2D eigenvalue weighted by atomic mass is 10.0. The van der Waals surface area contributed by atoms with Crippen LogP contribution in [0.2, 0.25) is 0 Å². The highest BCUT2D eigenvalue weighted by molar-refractivity contribution is 9.10. The van der Waals surface area contributed by atoms with Gasteiger partial charge in [0.15, 0.2) is 0 Å². The Bertz CT molecular complexity index is 556. The summed E-state index contributed by atoms with van der Waals surface area (Å²) < 4.78 is 1.13. The molecule has 0 aromatic heterocycles. The summed E-state index contributed by atoms with van der Waals surface area (Å²) in [6.45, 7) is 0.993. The number of rotatable bonds is 3. The molecule has 2 aromatic carbocycles. The molecule has 18 heavy (non-hydrogen) atoms. The molecule has 0 fully saturated rings. The molecule has 0 amide bonds. The average molecular weight is 320 g/mol. The summed E-state index contributed by atoms with van der Waals surface area (Å²) in [5.74, 6) is 1.79. The van der Waals surface area contributed by atoms with Crippen molar-refractivity contribution in [2.45, 2.75) is 10.8 Å². The van der Waals surface area contributed by atoms with Crippen molar-refractivity contribution in [2.24, 2.45) is 0 Å². The molecule has 1 aliphatic rings. The summed E-state index contributed by atoms with van der Waals surface area (Å²) in [5.41, 5.74) is 2.66. The molecule has 0 radical (unpaired) electrons. The SMILES string of the molecule is Brc1ccccc1NCC1CSc2ccccc21. The van der Waals surface area contributed by atoms with E-state index in [1.165, 1.54) is 21.9 Å². The predicted molar refractivity (Wildman–Crippen MR) is 82.5 cm³/mol. The molecule has 0 saturated carbocycles. The van der Waals surface area contributed by atoms with Gasteiger partial charge >= 0.3 is 0 Å². The van der Waals surface area contributed by atoms with Crippen LogP contribution in [0.15, 0.2) is 57.9 Å². The van der Waals surface area contributed by atoms with E-state index in [0.717, 1.165) is 11.0 Å². The van der Waals surface area contributed by atoms with E-state index in [1.807, 2.05) is 17.8 Å². The molecule has 1 N–H and O–H groups in total. The topological polar surface area (TPSA) is 12.0 Å². The monoisotopic (exact) mass is 319 g/mol. The quantitative estimate of drug-likeness (QED) is 0.876. The largest absolute Gasteiger partial charge is 0.383 e. The fraction of sp³-hybridized carbons (Fsp3) is 0.200. The minimum Gasteiger partial charge on any atom is -0.383 e. The van der Waals surface area contributed by atoms with Gasteiger partial charge in [-0.1, -0.05) is 30.3 Å². The lowest BCUT2D eigenvalue weighted by Crippen LogP contribution is -2.12. The molecule has 0 saturated heterocycles. The second-order valence-corrected chi connectivity index (χ2v) is 6.32. The van der Waals surface area contributed by atoms with E-state index in [2.05, 4.69) is 63.7 Å². The lowest BCUT2D eigenvalue weighted by molar-refractivity contribution is 0.818. The van der Waals surface area contributed by atoms with Gasteiger partial charge in [0.2, 0.25) is 0 Å². The zero-order valence-corrected chi connectivity index (χ0v) is 12.3. The van der Waals surface area contributed by atoms with Crippen LogP contribution in [0, 0.1) is 0 Å². The minimum absolute atomic E-state index is 0.610. The zero-order chi connectivity index (χ0) is 12.4. The summed E-state index contributed by atoms with van der Waals surface area (Å²) in [6, 6.07) is 17.0. The van der Waals surface area contributed by atoms with E-state index < -0.39 is 0 Å². The highest BCUT2D eigenvalue weighted by Crippen LogP contribution is 2.39. The first-order valence-corrected chi connectivity index (χ1v) is 7.82. The molecule has 1 heterocycles. The van der Waals surface area contributed by atoms with E-state index >= 15 is 0 Å². The minimum atomic E-state index is 0.610. The fourth-order valence-electron chi connectivity index (χ4n) is 2.24. The third-order valence-electron chi connectivity index (χ3n) is 3.21. The summed E-state index contributed by atoms with van der Waals surface area (Å²) in [4.78, 5) is 1.44. The second-order valence-electron chi connectivity index (χ2n) is 4.41. The number of benzene rings is 2. The molecule has 2 aromatic rings. The van der Waals surface area contributed by atoms with Crippen molar-refractivity contribution >= 4 is 33.4 Å². The number of hydrogen-bond acceptors (Lipinski definition) is 2. The van der Waals surface area contributed by atoms with Crippen LogP contribution in [-0.2, 0) is 0 Å². The van der Waals surface area contributed by atoms with Crippen LogP contribution in [-0.4, -0.2) is 12.3 Å². The van der Waals surface area contributed by atoms with E-state index in [-0.39, 0.29) is 0 Å². The van der Waals surface area contributed by atoms with Crippen LogP contribution in [0.25, 0.3) is 0 Å². The molecule has 3 rings (SSSR count). The fourth-order valence-corrected chi connectivity index (χ4v) is 3.92. The Morgan fingerprint density at radius 2 is 1.89 bits per heavy atom. The summed E-state index contributed by atoms with van der Waals surface area (Å²) >= 11 is 5.53. The van der Waals surface area contributed by atoms with Crippen molar-refractivity contribution in [1.29, 1.82) is 0 Å². The van der Waals surface area contributed by atoms with Gasteiger partial charge in [-0.05, 0) is 39.7 Å². The average Bonchev–Trinajstić information content (AvgIpc) is 2.81. The Morgan fingerprint density at radius 1 is 1.11 bits per heavy atom. The molecule has 92 valence electrons. The van der Waals surface area contributed by atoms with Crippen molar-refractivity contribution in [2.75, 3.05) is 17.6 Å². The molecule has 1 aliphatic heterocycles.